The molecule has 0 aliphatic carbocycles. The summed E-state index contributed by atoms with van der Waals surface area (Å²) < 4.78 is 6.88. The van der Waals surface area contributed by atoms with Crippen molar-refractivity contribution in [3.05, 3.63) is 36.6 Å². The van der Waals surface area contributed by atoms with Gasteiger partial charge >= 0.3 is 5.97 Å². The molecule has 3 aromatic rings. The zero-order valence-electron chi connectivity index (χ0n) is 9.49. The number of imidazole rings is 1. The maximum atomic E-state index is 11.1. The Morgan fingerprint density at radius 2 is 2.22 bits per heavy atom. The molecule has 0 aliphatic rings. The first-order valence-electron chi connectivity index (χ1n) is 5.25. The van der Waals surface area contributed by atoms with E-state index in [1.165, 1.54) is 12.7 Å². The molecule has 18 heavy (non-hydrogen) atoms. The molecule has 1 N–H and O–H groups in total. The average molecular weight is 243 g/mol. The highest BCUT2D eigenvalue weighted by molar-refractivity contribution is 5.94. The van der Waals surface area contributed by atoms with E-state index >= 15 is 0 Å². The van der Waals surface area contributed by atoms with Gasteiger partial charge in [-0.15, -0.1) is 0 Å². The van der Waals surface area contributed by atoms with Crippen molar-refractivity contribution >= 4 is 17.1 Å². The maximum absolute atomic E-state index is 11.1. The molecule has 1 aromatic carbocycles. The van der Waals surface area contributed by atoms with E-state index in [4.69, 9.17) is 9.52 Å². The molecule has 0 aliphatic heterocycles. The van der Waals surface area contributed by atoms with Crippen LogP contribution in [0.1, 0.15) is 10.5 Å². The van der Waals surface area contributed by atoms with Crippen molar-refractivity contribution in [2.75, 3.05) is 0 Å². The Morgan fingerprint density at radius 3 is 3.00 bits per heavy atom. The minimum absolute atomic E-state index is 0.0244. The summed E-state index contributed by atoms with van der Waals surface area (Å²) in [6.45, 7) is 0. The fraction of sp³-hybridized carbons (Fsp3) is 0.0833. The number of benzene rings is 1. The van der Waals surface area contributed by atoms with Crippen LogP contribution in [0, 0.1) is 0 Å². The maximum Gasteiger partial charge on any atom is 0.356 e. The first-order valence-corrected chi connectivity index (χ1v) is 5.25. The number of fused-ring (bicyclic) bond motifs is 1. The Morgan fingerprint density at radius 1 is 1.39 bits per heavy atom. The third-order valence-corrected chi connectivity index (χ3v) is 2.74. The first-order chi connectivity index (χ1) is 8.66. The van der Waals surface area contributed by atoms with Crippen molar-refractivity contribution < 1.29 is 14.3 Å². The third kappa shape index (κ3) is 1.46. The predicted molar refractivity (Wildman–Crippen MR) is 63.2 cm³/mol. The average Bonchev–Trinajstić information content (AvgIpc) is 2.93. The van der Waals surface area contributed by atoms with Gasteiger partial charge in [0.2, 0.25) is 0 Å². The van der Waals surface area contributed by atoms with Crippen LogP contribution in [0.4, 0.5) is 0 Å². The van der Waals surface area contributed by atoms with Gasteiger partial charge in [-0.1, -0.05) is 6.07 Å². The van der Waals surface area contributed by atoms with Gasteiger partial charge in [-0.2, -0.15) is 0 Å². The number of aromatic nitrogens is 3. The van der Waals surface area contributed by atoms with Crippen molar-refractivity contribution in [2.45, 2.75) is 0 Å². The number of aryl methyl sites for hydroxylation is 1. The van der Waals surface area contributed by atoms with Crippen LogP contribution in [0.15, 0.2) is 35.3 Å². The number of nitrogens with zero attached hydrogens (tertiary/aromatic N) is 3. The quantitative estimate of drug-likeness (QED) is 0.743. The van der Waals surface area contributed by atoms with Crippen LogP contribution >= 0.6 is 0 Å². The van der Waals surface area contributed by atoms with Gasteiger partial charge in [0.05, 0.1) is 12.0 Å². The van der Waals surface area contributed by atoms with E-state index in [0.29, 0.717) is 11.3 Å². The zero-order chi connectivity index (χ0) is 12.7. The van der Waals surface area contributed by atoms with E-state index in [-0.39, 0.29) is 5.69 Å². The largest absolute Gasteiger partial charge is 0.476 e. The number of carbonyl (C=O) groups is 1. The molecule has 0 fully saturated rings. The minimum atomic E-state index is -1.05. The van der Waals surface area contributed by atoms with Gasteiger partial charge in [0, 0.05) is 12.6 Å². The third-order valence-electron chi connectivity index (χ3n) is 2.74. The summed E-state index contributed by atoms with van der Waals surface area (Å²) in [4.78, 5) is 19.0. The monoisotopic (exact) mass is 243 g/mol. The topological polar surface area (TPSA) is 81.2 Å². The molecule has 0 radical (unpaired) electrons. The summed E-state index contributed by atoms with van der Waals surface area (Å²) in [5, 5.41) is 9.10. The summed E-state index contributed by atoms with van der Waals surface area (Å²) in [6, 6.07) is 5.34. The fourth-order valence-electron chi connectivity index (χ4n) is 1.93. The molecule has 0 spiro atoms. The smallest absolute Gasteiger partial charge is 0.356 e. The number of carboxylic acids is 1. The summed E-state index contributed by atoms with van der Waals surface area (Å²) in [6.07, 6.45) is 2.83. The van der Waals surface area contributed by atoms with Gasteiger partial charge in [-0.05, 0) is 12.1 Å². The second-order valence-electron chi connectivity index (χ2n) is 3.89. The summed E-state index contributed by atoms with van der Waals surface area (Å²) in [5.41, 5.74) is 2.65. The summed E-state index contributed by atoms with van der Waals surface area (Å²) >= 11 is 0. The second-order valence-corrected chi connectivity index (χ2v) is 3.89. The summed E-state index contributed by atoms with van der Waals surface area (Å²) in [7, 11) is 1.75. The van der Waals surface area contributed by atoms with Crippen LogP contribution in [0.2, 0.25) is 0 Å². The van der Waals surface area contributed by atoms with Gasteiger partial charge in [-0.25, -0.2) is 14.8 Å². The lowest BCUT2D eigenvalue weighted by molar-refractivity contribution is 0.0692. The first kappa shape index (κ1) is 10.5. The van der Waals surface area contributed by atoms with E-state index < -0.39 is 5.97 Å². The Hall–Kier alpha value is -2.63. The van der Waals surface area contributed by atoms with Crippen LogP contribution in [0.25, 0.3) is 22.4 Å². The van der Waals surface area contributed by atoms with Crippen molar-refractivity contribution in [3.63, 3.8) is 0 Å². The lowest BCUT2D eigenvalue weighted by Crippen LogP contribution is -2.01. The molecular weight excluding hydrogens is 234 g/mol. The highest BCUT2D eigenvalue weighted by Gasteiger charge is 2.17. The van der Waals surface area contributed by atoms with Crippen molar-refractivity contribution in [1.29, 1.82) is 0 Å². The van der Waals surface area contributed by atoms with E-state index in [1.54, 1.807) is 29.8 Å². The molecule has 0 atom stereocenters. The molecule has 0 saturated heterocycles. The normalized spacial score (nSPS) is 10.9. The molecule has 90 valence electrons. The lowest BCUT2D eigenvalue weighted by atomic mass is 10.1. The van der Waals surface area contributed by atoms with Gasteiger partial charge in [0.25, 0.3) is 0 Å². The molecule has 0 unspecified atom stereocenters. The van der Waals surface area contributed by atoms with E-state index in [1.807, 2.05) is 0 Å². The SMILES string of the molecule is Cn1cnc(C(=O)O)c1-c1ccc2ncoc2c1. The van der Waals surface area contributed by atoms with E-state index in [2.05, 4.69) is 9.97 Å². The number of hydrogen-bond acceptors (Lipinski definition) is 4. The minimum Gasteiger partial charge on any atom is -0.476 e. The molecule has 6 nitrogen and oxygen atoms in total. The number of rotatable bonds is 2. The Kier molecular flexibility index (Phi) is 2.16. The Balaban J connectivity index is 2.24. The van der Waals surface area contributed by atoms with Crippen molar-refractivity contribution in [1.82, 2.24) is 14.5 Å². The molecule has 0 amide bonds. The van der Waals surface area contributed by atoms with Gasteiger partial charge in [0.15, 0.2) is 17.7 Å². The van der Waals surface area contributed by atoms with Crippen molar-refractivity contribution in [2.24, 2.45) is 7.05 Å². The highest BCUT2D eigenvalue weighted by atomic mass is 16.4. The van der Waals surface area contributed by atoms with Crippen LogP contribution in [-0.2, 0) is 7.05 Å². The predicted octanol–water partition coefficient (Wildman–Crippen LogP) is 1.93. The van der Waals surface area contributed by atoms with Crippen LogP contribution < -0.4 is 0 Å². The molecule has 3 rings (SSSR count). The standard InChI is InChI=1S/C12H9N3O3/c1-15-5-13-10(12(16)17)11(15)7-2-3-8-9(4-7)18-6-14-8/h2-6H,1H3,(H,16,17). The molecule has 2 heterocycles. The Labute approximate surface area is 102 Å². The van der Waals surface area contributed by atoms with Crippen molar-refractivity contribution in [3.8, 4) is 11.3 Å². The zero-order valence-corrected chi connectivity index (χ0v) is 9.49. The number of hydrogen-bond donors (Lipinski definition) is 1. The van der Waals surface area contributed by atoms with Crippen LogP contribution in [0.3, 0.4) is 0 Å². The molecule has 6 heteroatoms. The molecule has 0 saturated carbocycles. The number of oxazole rings is 1. The van der Waals surface area contributed by atoms with Gasteiger partial charge in [-0.3, -0.25) is 0 Å². The molecular formula is C12H9N3O3. The second kappa shape index (κ2) is 3.69. The van der Waals surface area contributed by atoms with Crippen LogP contribution in [0.5, 0.6) is 0 Å². The molecule has 2 aromatic heterocycles. The highest BCUT2D eigenvalue weighted by Crippen LogP contribution is 2.26. The lowest BCUT2D eigenvalue weighted by Gasteiger charge is -2.03. The molecule has 0 bridgehead atoms. The van der Waals surface area contributed by atoms with Gasteiger partial charge < -0.3 is 14.1 Å². The van der Waals surface area contributed by atoms with Crippen LogP contribution in [-0.4, -0.2) is 25.6 Å². The summed E-state index contributed by atoms with van der Waals surface area (Å²) in [5.74, 6) is -1.05. The fourth-order valence-corrected chi connectivity index (χ4v) is 1.93. The number of aromatic carboxylic acids is 1. The van der Waals surface area contributed by atoms with E-state index in [9.17, 15) is 4.79 Å². The van der Waals surface area contributed by atoms with E-state index in [0.717, 1.165) is 11.1 Å². The number of carboxylic acid groups (broad SMARTS) is 1. The Bertz CT molecular complexity index is 742. The van der Waals surface area contributed by atoms with Gasteiger partial charge in [0.1, 0.15) is 5.52 Å².